The van der Waals surface area contributed by atoms with Gasteiger partial charge < -0.3 is 111 Å². The lowest BCUT2D eigenvalue weighted by molar-refractivity contribution is -0.359. The minimum absolute atomic E-state index is 0.0917. The number of aliphatic hydroxyl groups excluding tert-OH is 6. The Labute approximate surface area is 498 Å². The first-order chi connectivity index (χ1) is 40.5. The summed E-state index contributed by atoms with van der Waals surface area (Å²) in [4.78, 5) is 14.3. The molecule has 484 valence electrons. The number of aryl methyl sites for hydroxylation is 1. The molecule has 8 fully saturated rings. The summed E-state index contributed by atoms with van der Waals surface area (Å²) in [5.41, 5.74) is 1.31. The Morgan fingerprint density at radius 3 is 1.48 bits per heavy atom. The Balaban J connectivity index is 0.674. The third-order valence-electron chi connectivity index (χ3n) is 20.5. The zero-order valence-corrected chi connectivity index (χ0v) is 51.3. The van der Waals surface area contributed by atoms with Gasteiger partial charge in [-0.05, 0) is 98.0 Å². The van der Waals surface area contributed by atoms with E-state index in [-0.39, 0.29) is 42.3 Å². The lowest BCUT2D eigenvalue weighted by atomic mass is 9.49. The van der Waals surface area contributed by atoms with Crippen molar-refractivity contribution in [1.82, 2.24) is 0 Å². The predicted molar refractivity (Wildman–Crippen MR) is 295 cm³/mol. The highest BCUT2D eigenvalue weighted by Crippen LogP contribution is 2.59. The second-order valence-electron chi connectivity index (χ2n) is 25.8. The zero-order chi connectivity index (χ0) is 61.0. The summed E-state index contributed by atoms with van der Waals surface area (Å²) in [6, 6.07) is 1.94. The van der Waals surface area contributed by atoms with Crippen molar-refractivity contribution in [3.63, 3.8) is 0 Å². The van der Waals surface area contributed by atoms with E-state index in [1.54, 1.807) is 41.4 Å². The highest BCUT2D eigenvalue weighted by Gasteiger charge is 2.58. The average Bonchev–Trinajstić information content (AvgIpc) is 2.26. The van der Waals surface area contributed by atoms with Crippen molar-refractivity contribution in [2.24, 2.45) is 17.3 Å². The van der Waals surface area contributed by atoms with Crippen LogP contribution in [0.1, 0.15) is 124 Å². The molecule has 0 aromatic carbocycles. The second kappa shape index (κ2) is 27.3. The van der Waals surface area contributed by atoms with Gasteiger partial charge in [-0.1, -0.05) is 18.6 Å². The van der Waals surface area contributed by atoms with Gasteiger partial charge in [-0.3, -0.25) is 4.79 Å². The summed E-state index contributed by atoms with van der Waals surface area (Å²) in [5.74, 6) is 1.07. The number of ether oxygens (including phenoxy) is 16. The van der Waals surface area contributed by atoms with Gasteiger partial charge in [0.1, 0.15) is 66.5 Å². The number of rotatable bonds is 18. The van der Waals surface area contributed by atoms with Gasteiger partial charge in [-0.15, -0.1) is 0 Å². The summed E-state index contributed by atoms with van der Waals surface area (Å²) >= 11 is 0. The largest absolute Gasteiger partial charge is 0.469 e. The molecular weight excluding hydrogens is 1120 g/mol. The number of carbonyl (C=O) groups excluding carboxylic acids is 1. The number of Topliss-reactive ketones (excluding diaryl/α,β-unsaturated/α-hetero) is 1. The van der Waals surface area contributed by atoms with Gasteiger partial charge >= 0.3 is 0 Å². The number of carbonyl (C=O) groups is 1. The standard InChI is InChI=1S/C61H96O24/c1-27-35(16-18-73-27)60(7)17-15-36-34(58(60)68)14-13-33-19-39(38(64)25-61(33,36)8)79-46-21-40(69-9)55(29(3)75-46)83-48-23-42(71-11)54(30(4)77-48)82-45-20-37(63)53(28(2)74-45)81-47-22-41(70-10)56(31(5)76-47)84-49-24-43(72-12)57(32(6)78-49)85-59-52(67)51(66)50(65)44(26-62)80-59/h13,16,18,28-32,34,36-57,59,62-67H,14-15,17,19-26H2,1-12H3/t28-,29-,30+,31-,32+,34-,36+,37+,38-,39-,40+,41+,42-,43-,44-,45+,46+,47+,48+,49+,50+,51+,52-,53-,54-,55-,56-,57+,59+,60-,61+/m1/s1. The molecule has 9 aliphatic rings. The molecule has 0 spiro atoms. The van der Waals surface area contributed by atoms with E-state index in [9.17, 15) is 35.4 Å². The van der Waals surface area contributed by atoms with Gasteiger partial charge in [-0.25, -0.2) is 0 Å². The smallest absolute Gasteiger partial charge is 0.187 e. The molecule has 10 rings (SSSR count). The maximum Gasteiger partial charge on any atom is 0.187 e. The van der Waals surface area contributed by atoms with Crippen molar-refractivity contribution in [3.8, 4) is 0 Å². The van der Waals surface area contributed by atoms with Gasteiger partial charge in [0.05, 0.1) is 91.5 Å². The minimum Gasteiger partial charge on any atom is -0.469 e. The highest BCUT2D eigenvalue weighted by molar-refractivity contribution is 5.93. The fourth-order valence-electron chi connectivity index (χ4n) is 15.6. The van der Waals surface area contributed by atoms with Crippen LogP contribution in [0.5, 0.6) is 0 Å². The number of ketones is 1. The van der Waals surface area contributed by atoms with E-state index in [1.807, 2.05) is 33.8 Å². The van der Waals surface area contributed by atoms with Crippen molar-refractivity contribution in [2.75, 3.05) is 35.0 Å². The van der Waals surface area contributed by atoms with Crippen molar-refractivity contribution >= 4 is 5.78 Å². The first-order valence-corrected chi connectivity index (χ1v) is 30.8. The molecule has 24 nitrogen and oxygen atoms in total. The van der Waals surface area contributed by atoms with Crippen molar-refractivity contribution in [2.45, 2.75) is 291 Å². The highest BCUT2D eigenvalue weighted by atomic mass is 16.8. The fraction of sp³-hybridized carbons (Fsp3) is 0.885. The Morgan fingerprint density at radius 1 is 0.565 bits per heavy atom. The maximum absolute atomic E-state index is 14.3. The zero-order valence-electron chi connectivity index (χ0n) is 51.3. The van der Waals surface area contributed by atoms with Gasteiger partial charge in [0.2, 0.25) is 0 Å². The van der Waals surface area contributed by atoms with Gasteiger partial charge in [-0.2, -0.15) is 0 Å². The van der Waals surface area contributed by atoms with Crippen LogP contribution in [0.25, 0.3) is 0 Å². The summed E-state index contributed by atoms with van der Waals surface area (Å²) in [7, 11) is 6.32. The molecule has 6 aliphatic heterocycles. The number of methoxy groups -OCH3 is 4. The van der Waals surface area contributed by atoms with Crippen LogP contribution < -0.4 is 0 Å². The molecule has 0 unspecified atom stereocenters. The van der Waals surface area contributed by atoms with Crippen LogP contribution in [0.4, 0.5) is 0 Å². The Kier molecular flexibility index (Phi) is 21.1. The molecule has 6 saturated heterocycles. The van der Waals surface area contributed by atoms with E-state index in [4.69, 9.17) is 80.2 Å². The SMILES string of the molecule is CO[C@H]1C[C@H](O[C@H]2[C@@H](O)C[C@H](O[C@@H]3[C@H](C)O[C@@H](O[C@H]4[C@@H](OC)C[C@H](O[C@@H]5CC6=CC[C@H]7C(=O)[C@@](C)(c8ccoc8C)CC[C@@H]7[C@@]6(C)C[C@H]5O)O[C@@H]4C)C[C@H]3OC)O[C@@H]2C)O[C@H](C)[C@H]1O[C@H]1C[C@@H](OC)[C@@H](O[C@@H]2O[C@H](CO)[C@H](O)[C@H](O)[C@H]2O)[C@H](C)O1. The number of hydrogen-bond acceptors (Lipinski definition) is 24. The molecule has 1 aromatic rings. The van der Waals surface area contributed by atoms with E-state index in [0.717, 1.165) is 24.2 Å². The normalized spacial score (nSPS) is 49.8. The second-order valence-corrected chi connectivity index (χ2v) is 25.8. The average molecular weight is 1210 g/mol. The minimum atomic E-state index is -1.61. The Morgan fingerprint density at radius 2 is 1.02 bits per heavy atom. The third-order valence-corrected chi connectivity index (χ3v) is 20.5. The molecule has 0 bridgehead atoms. The molecule has 24 heteroatoms. The van der Waals surface area contributed by atoms with Gasteiger partial charge in [0.25, 0.3) is 0 Å². The van der Waals surface area contributed by atoms with E-state index >= 15 is 0 Å². The quantitative estimate of drug-likeness (QED) is 0.115. The topological polar surface area (TPSA) is 299 Å². The number of furan rings is 1. The molecule has 6 N–H and O–H groups in total. The lowest BCUT2D eigenvalue weighted by Gasteiger charge is -2.55. The van der Waals surface area contributed by atoms with Crippen LogP contribution in [-0.4, -0.2) is 237 Å². The van der Waals surface area contributed by atoms with Crippen molar-refractivity contribution in [3.05, 3.63) is 35.3 Å². The molecule has 0 amide bonds. The number of aliphatic hydroxyl groups is 6. The summed E-state index contributed by atoms with van der Waals surface area (Å²) in [6.45, 7) is 14.8. The van der Waals surface area contributed by atoms with E-state index < -0.39 is 178 Å². The molecule has 7 heterocycles. The van der Waals surface area contributed by atoms with Crippen LogP contribution in [-0.2, 0) is 86.0 Å². The van der Waals surface area contributed by atoms with Crippen LogP contribution in [0, 0.1) is 24.2 Å². The summed E-state index contributed by atoms with van der Waals surface area (Å²) in [6.07, 6.45) is -12.9. The first kappa shape index (κ1) is 65.8. The fourth-order valence-corrected chi connectivity index (χ4v) is 15.6. The number of fused-ring (bicyclic) bond motifs is 3. The predicted octanol–water partition coefficient (Wildman–Crippen LogP) is 3.14. The molecule has 3 aliphatic carbocycles. The summed E-state index contributed by atoms with van der Waals surface area (Å²) < 4.78 is 106. The van der Waals surface area contributed by atoms with Crippen LogP contribution in [0.15, 0.2) is 28.4 Å². The number of hydrogen-bond donors (Lipinski definition) is 6. The molecule has 85 heavy (non-hydrogen) atoms. The lowest BCUT2D eigenvalue weighted by Crippen LogP contribution is -2.62. The van der Waals surface area contributed by atoms with Crippen molar-refractivity contribution in [1.29, 1.82) is 0 Å². The summed E-state index contributed by atoms with van der Waals surface area (Å²) in [5, 5.41) is 64.2. The number of allylic oxidation sites excluding steroid dienone is 1. The first-order valence-electron chi connectivity index (χ1n) is 30.8. The van der Waals surface area contributed by atoms with Crippen LogP contribution >= 0.6 is 0 Å². The molecule has 31 atom stereocenters. The van der Waals surface area contributed by atoms with Crippen LogP contribution in [0.3, 0.4) is 0 Å². The Bertz CT molecular complexity index is 2360. The van der Waals surface area contributed by atoms with E-state index in [2.05, 4.69) is 19.9 Å². The third kappa shape index (κ3) is 13.3. The monoisotopic (exact) mass is 1210 g/mol. The Hall–Kier alpha value is -2.19. The van der Waals surface area contributed by atoms with Crippen molar-refractivity contribution < 1.29 is 116 Å². The van der Waals surface area contributed by atoms with Gasteiger partial charge in [0, 0.05) is 72.0 Å². The van der Waals surface area contributed by atoms with Gasteiger partial charge in [0.15, 0.2) is 37.7 Å². The molecule has 2 saturated carbocycles. The van der Waals surface area contributed by atoms with Crippen LogP contribution in [0.2, 0.25) is 0 Å². The molecular formula is C61H96O24. The molecule has 0 radical (unpaired) electrons. The maximum atomic E-state index is 14.3. The molecule has 1 aromatic heterocycles. The van der Waals surface area contributed by atoms with E-state index in [0.29, 0.717) is 32.1 Å². The van der Waals surface area contributed by atoms with E-state index in [1.165, 1.54) is 12.7 Å².